The minimum atomic E-state index is -3.73. The molecule has 2 fully saturated rings. The Labute approximate surface area is 202 Å². The van der Waals surface area contributed by atoms with Gasteiger partial charge >= 0.3 is 0 Å². The van der Waals surface area contributed by atoms with Crippen LogP contribution in [0.1, 0.15) is 34.8 Å². The Balaban J connectivity index is 1.57. The quantitative estimate of drug-likeness (QED) is 0.616. The highest BCUT2D eigenvalue weighted by molar-refractivity contribution is 7.89. The molecule has 2 aromatic carbocycles. The Morgan fingerprint density at radius 1 is 1.00 bits per heavy atom. The van der Waals surface area contributed by atoms with Gasteiger partial charge in [0.25, 0.3) is 5.91 Å². The summed E-state index contributed by atoms with van der Waals surface area (Å²) in [7, 11) is -0.170. The number of hydrogen-bond donors (Lipinski definition) is 1. The van der Waals surface area contributed by atoms with E-state index in [9.17, 15) is 13.2 Å². The zero-order chi connectivity index (χ0) is 24.1. The molecule has 184 valence electrons. The van der Waals surface area contributed by atoms with Crippen LogP contribution in [-0.4, -0.2) is 88.4 Å². The van der Waals surface area contributed by atoms with Gasteiger partial charge in [0.1, 0.15) is 10.6 Å². The van der Waals surface area contributed by atoms with Crippen molar-refractivity contribution < 1.29 is 17.9 Å². The van der Waals surface area contributed by atoms with E-state index in [4.69, 9.17) is 4.74 Å². The summed E-state index contributed by atoms with van der Waals surface area (Å²) in [6.45, 7) is 5.54. The fourth-order valence-electron chi connectivity index (χ4n) is 4.54. The molecule has 0 bridgehead atoms. The molecule has 2 aliphatic rings. The van der Waals surface area contributed by atoms with Crippen LogP contribution in [-0.2, 0) is 10.0 Å². The summed E-state index contributed by atoms with van der Waals surface area (Å²) >= 11 is 0. The van der Waals surface area contributed by atoms with Gasteiger partial charge in [0.2, 0.25) is 10.0 Å². The van der Waals surface area contributed by atoms with Crippen molar-refractivity contribution in [3.05, 3.63) is 59.7 Å². The smallest absolute Gasteiger partial charge is 0.251 e. The van der Waals surface area contributed by atoms with E-state index in [1.807, 2.05) is 30.3 Å². The first-order valence-electron chi connectivity index (χ1n) is 11.8. The van der Waals surface area contributed by atoms with Crippen LogP contribution in [0.15, 0.2) is 53.4 Å². The standard InChI is InChI=1S/C25H34N4O4S/c1-27-14-16-28(17-15-27)19-22(20-8-4-3-5-9-20)26-25(30)21-10-11-23(33-2)24(18-21)34(31,32)29-12-6-7-13-29/h3-5,8-11,18,22H,6-7,12-17,19H2,1-2H3,(H,26,30). The molecule has 2 saturated heterocycles. The molecule has 0 radical (unpaired) electrons. The number of carbonyl (C=O) groups is 1. The topological polar surface area (TPSA) is 82.2 Å². The van der Waals surface area contributed by atoms with Crippen molar-refractivity contribution in [2.45, 2.75) is 23.8 Å². The molecule has 4 rings (SSSR count). The molecule has 0 saturated carbocycles. The molecule has 1 amide bonds. The lowest BCUT2D eigenvalue weighted by atomic mass is 10.0. The van der Waals surface area contributed by atoms with Gasteiger partial charge in [-0.3, -0.25) is 9.69 Å². The summed E-state index contributed by atoms with van der Waals surface area (Å²) in [6.07, 6.45) is 1.68. The molecule has 2 aromatic rings. The maximum absolute atomic E-state index is 13.3. The average molecular weight is 487 g/mol. The third kappa shape index (κ3) is 5.60. The SMILES string of the molecule is COc1ccc(C(=O)NC(CN2CCN(C)CC2)c2ccccc2)cc1S(=O)(=O)N1CCCC1. The van der Waals surface area contributed by atoms with Crippen molar-refractivity contribution in [1.82, 2.24) is 19.4 Å². The van der Waals surface area contributed by atoms with Gasteiger partial charge < -0.3 is 15.0 Å². The maximum Gasteiger partial charge on any atom is 0.251 e. The van der Waals surface area contributed by atoms with Gasteiger partial charge in [-0.2, -0.15) is 4.31 Å². The van der Waals surface area contributed by atoms with Crippen LogP contribution in [0.3, 0.4) is 0 Å². The first kappa shape index (κ1) is 24.7. The number of carbonyl (C=O) groups excluding carboxylic acids is 1. The Morgan fingerprint density at radius 3 is 2.32 bits per heavy atom. The summed E-state index contributed by atoms with van der Waals surface area (Å²) < 4.78 is 33.3. The number of rotatable bonds is 8. The minimum absolute atomic E-state index is 0.0416. The van der Waals surface area contributed by atoms with Gasteiger partial charge in [0.05, 0.1) is 13.2 Å². The fraction of sp³-hybridized carbons (Fsp3) is 0.480. The fourth-order valence-corrected chi connectivity index (χ4v) is 6.24. The van der Waals surface area contributed by atoms with E-state index in [1.54, 1.807) is 12.1 Å². The van der Waals surface area contributed by atoms with Gasteiger partial charge in [-0.05, 0) is 43.7 Å². The molecular formula is C25H34N4O4S. The second kappa shape index (κ2) is 10.9. The second-order valence-electron chi connectivity index (χ2n) is 9.02. The molecule has 1 N–H and O–H groups in total. The van der Waals surface area contributed by atoms with E-state index in [1.165, 1.54) is 17.5 Å². The number of methoxy groups -OCH3 is 1. The van der Waals surface area contributed by atoms with Gasteiger partial charge in [-0.25, -0.2) is 8.42 Å². The van der Waals surface area contributed by atoms with Gasteiger partial charge in [-0.15, -0.1) is 0 Å². The van der Waals surface area contributed by atoms with Gasteiger partial charge in [0, 0.05) is 51.4 Å². The number of amides is 1. The molecule has 2 heterocycles. The first-order chi connectivity index (χ1) is 16.4. The number of piperazine rings is 1. The van der Waals surface area contributed by atoms with E-state index in [2.05, 4.69) is 22.2 Å². The van der Waals surface area contributed by atoms with Crippen molar-refractivity contribution in [1.29, 1.82) is 0 Å². The normalized spacial score (nSPS) is 19.1. The highest BCUT2D eigenvalue weighted by Gasteiger charge is 2.31. The number of likely N-dealkylation sites (N-methyl/N-ethyl adjacent to an activating group) is 1. The van der Waals surface area contributed by atoms with Crippen LogP contribution in [0.4, 0.5) is 0 Å². The zero-order valence-electron chi connectivity index (χ0n) is 19.9. The first-order valence-corrected chi connectivity index (χ1v) is 13.3. The van der Waals surface area contributed by atoms with Crippen LogP contribution in [0.25, 0.3) is 0 Å². The third-order valence-corrected chi connectivity index (χ3v) is 8.57. The molecular weight excluding hydrogens is 452 g/mol. The summed E-state index contributed by atoms with van der Waals surface area (Å²) in [4.78, 5) is 18.0. The summed E-state index contributed by atoms with van der Waals surface area (Å²) in [5, 5.41) is 3.15. The molecule has 8 nitrogen and oxygen atoms in total. The van der Waals surface area contributed by atoms with E-state index in [0.29, 0.717) is 25.2 Å². The molecule has 0 aliphatic carbocycles. The minimum Gasteiger partial charge on any atom is -0.495 e. The van der Waals surface area contributed by atoms with Crippen LogP contribution in [0, 0.1) is 0 Å². The van der Waals surface area contributed by atoms with E-state index < -0.39 is 10.0 Å². The van der Waals surface area contributed by atoms with Crippen LogP contribution in [0.5, 0.6) is 5.75 Å². The monoisotopic (exact) mass is 486 g/mol. The number of ether oxygens (including phenoxy) is 1. The van der Waals surface area contributed by atoms with Crippen molar-refractivity contribution in [2.75, 3.05) is 60.0 Å². The Kier molecular flexibility index (Phi) is 7.88. The van der Waals surface area contributed by atoms with E-state index >= 15 is 0 Å². The average Bonchev–Trinajstić information content (AvgIpc) is 3.41. The lowest BCUT2D eigenvalue weighted by Gasteiger charge is -2.35. The van der Waals surface area contributed by atoms with Crippen molar-refractivity contribution in [2.24, 2.45) is 0 Å². The predicted octanol–water partition coefficient (Wildman–Crippen LogP) is 2.20. The lowest BCUT2D eigenvalue weighted by molar-refractivity contribution is 0.0907. The molecule has 0 aromatic heterocycles. The number of nitrogens with zero attached hydrogens (tertiary/aromatic N) is 3. The van der Waals surface area contributed by atoms with Crippen LogP contribution >= 0.6 is 0 Å². The Hall–Kier alpha value is -2.46. The summed E-state index contributed by atoms with van der Waals surface area (Å²) in [5.74, 6) is -0.0519. The molecule has 34 heavy (non-hydrogen) atoms. The molecule has 1 atom stereocenters. The van der Waals surface area contributed by atoms with Gasteiger partial charge in [0.15, 0.2) is 0 Å². The largest absolute Gasteiger partial charge is 0.495 e. The zero-order valence-corrected chi connectivity index (χ0v) is 20.8. The summed E-state index contributed by atoms with van der Waals surface area (Å²) in [5.41, 5.74) is 1.33. The summed E-state index contributed by atoms with van der Waals surface area (Å²) in [6, 6.07) is 14.3. The second-order valence-corrected chi connectivity index (χ2v) is 10.9. The molecule has 1 unspecified atom stereocenters. The number of hydrogen-bond acceptors (Lipinski definition) is 6. The third-order valence-electron chi connectivity index (χ3n) is 6.65. The Bertz CT molecular complexity index is 1080. The van der Waals surface area contributed by atoms with Crippen molar-refractivity contribution >= 4 is 15.9 Å². The van der Waals surface area contributed by atoms with Crippen LogP contribution in [0.2, 0.25) is 0 Å². The van der Waals surface area contributed by atoms with Crippen molar-refractivity contribution in [3.63, 3.8) is 0 Å². The maximum atomic E-state index is 13.3. The molecule has 9 heteroatoms. The highest BCUT2D eigenvalue weighted by atomic mass is 32.2. The van der Waals surface area contributed by atoms with E-state index in [-0.39, 0.29) is 22.6 Å². The van der Waals surface area contributed by atoms with E-state index in [0.717, 1.165) is 44.6 Å². The molecule has 2 aliphatic heterocycles. The number of nitrogens with one attached hydrogen (secondary N) is 1. The predicted molar refractivity (Wildman–Crippen MR) is 132 cm³/mol. The number of benzene rings is 2. The van der Waals surface area contributed by atoms with Crippen molar-refractivity contribution in [3.8, 4) is 5.75 Å². The van der Waals surface area contributed by atoms with Crippen LogP contribution < -0.4 is 10.1 Å². The van der Waals surface area contributed by atoms with Gasteiger partial charge in [-0.1, -0.05) is 30.3 Å². The number of sulfonamides is 1. The lowest BCUT2D eigenvalue weighted by Crippen LogP contribution is -2.47. The highest BCUT2D eigenvalue weighted by Crippen LogP contribution is 2.30. The Morgan fingerprint density at radius 2 is 1.68 bits per heavy atom. The molecule has 0 spiro atoms.